The molecular formula is C52H58N8O5. The van der Waals surface area contributed by atoms with Crippen molar-refractivity contribution in [2.24, 2.45) is 7.05 Å². The Hall–Kier alpha value is -6.60. The van der Waals surface area contributed by atoms with Gasteiger partial charge in [0.2, 0.25) is 11.8 Å². The largest absolute Gasteiger partial charge is 0.377 e. The van der Waals surface area contributed by atoms with Crippen molar-refractivity contribution in [3.8, 4) is 22.8 Å². The topological polar surface area (TPSA) is 129 Å². The summed E-state index contributed by atoms with van der Waals surface area (Å²) < 4.78 is 14.1. The number of hydrogen-bond donors (Lipinski definition) is 0. The number of fused-ring (bicyclic) bond motifs is 4. The van der Waals surface area contributed by atoms with E-state index >= 15 is 0 Å². The number of carbonyl (C=O) groups is 2. The molecule has 6 heterocycles. The predicted octanol–water partition coefficient (Wildman–Crippen LogP) is 8.37. The van der Waals surface area contributed by atoms with Crippen LogP contribution in [-0.2, 0) is 38.7 Å². The second kappa shape index (κ2) is 15.5. The van der Waals surface area contributed by atoms with Gasteiger partial charge >= 0.3 is 0 Å². The zero-order chi connectivity index (χ0) is 46.6. The molecule has 2 amide bonds. The van der Waals surface area contributed by atoms with Crippen LogP contribution in [0.4, 0.5) is 11.4 Å². The van der Waals surface area contributed by atoms with Gasteiger partial charge in [0, 0.05) is 67.0 Å². The molecule has 65 heavy (non-hydrogen) atoms. The lowest BCUT2D eigenvalue weighted by Crippen LogP contribution is -2.40. The maximum absolute atomic E-state index is 13.8. The molecule has 7 aromatic rings. The van der Waals surface area contributed by atoms with Crippen molar-refractivity contribution in [3.05, 3.63) is 128 Å². The van der Waals surface area contributed by atoms with Gasteiger partial charge in [-0.1, -0.05) is 30.3 Å². The summed E-state index contributed by atoms with van der Waals surface area (Å²) in [5.74, 6) is 1.52. The molecule has 2 aliphatic rings. The van der Waals surface area contributed by atoms with Crippen LogP contribution in [0.3, 0.4) is 0 Å². The van der Waals surface area contributed by atoms with Crippen molar-refractivity contribution in [1.29, 1.82) is 0 Å². The van der Waals surface area contributed by atoms with Gasteiger partial charge in [0.15, 0.2) is 0 Å². The summed E-state index contributed by atoms with van der Waals surface area (Å²) in [6, 6.07) is 21.9. The zero-order valence-electron chi connectivity index (χ0n) is 39.5. The van der Waals surface area contributed by atoms with Crippen LogP contribution in [-0.4, -0.2) is 66.4 Å². The van der Waals surface area contributed by atoms with Gasteiger partial charge in [0.05, 0.1) is 63.9 Å². The third kappa shape index (κ3) is 6.85. The molecule has 0 radical (unpaired) electrons. The summed E-state index contributed by atoms with van der Waals surface area (Å²) in [5, 5.41) is 0. The van der Waals surface area contributed by atoms with E-state index in [-0.39, 0.29) is 47.7 Å². The average molecular weight is 875 g/mol. The van der Waals surface area contributed by atoms with E-state index in [1.54, 1.807) is 41.3 Å². The number of amides is 2. The van der Waals surface area contributed by atoms with Crippen molar-refractivity contribution in [3.63, 3.8) is 0 Å². The fraction of sp³-hybridized carbons (Fsp3) is 0.385. The second-order valence-corrected chi connectivity index (χ2v) is 19.5. The van der Waals surface area contributed by atoms with E-state index in [9.17, 15) is 19.2 Å². The van der Waals surface area contributed by atoms with Crippen molar-refractivity contribution in [1.82, 2.24) is 28.2 Å². The number of rotatable bonds is 11. The van der Waals surface area contributed by atoms with E-state index in [0.29, 0.717) is 30.1 Å². The van der Waals surface area contributed by atoms with Gasteiger partial charge in [-0.3, -0.25) is 19.2 Å². The highest BCUT2D eigenvalue weighted by Gasteiger charge is 2.46. The van der Waals surface area contributed by atoms with Gasteiger partial charge in [0.25, 0.3) is 11.1 Å². The van der Waals surface area contributed by atoms with E-state index in [1.165, 1.54) is 0 Å². The fourth-order valence-electron chi connectivity index (χ4n) is 10.1. The van der Waals surface area contributed by atoms with Gasteiger partial charge in [-0.15, -0.1) is 0 Å². The quantitative estimate of drug-likeness (QED) is 0.120. The summed E-state index contributed by atoms with van der Waals surface area (Å²) >= 11 is 0. The number of ether oxygens (including phenoxy) is 1. The Morgan fingerprint density at radius 2 is 1.22 bits per heavy atom. The summed E-state index contributed by atoms with van der Waals surface area (Å²) in [6.45, 7) is 20.6. The Labute approximate surface area is 378 Å². The molecule has 4 aromatic heterocycles. The number of benzene rings is 3. The van der Waals surface area contributed by atoms with Crippen LogP contribution in [0.15, 0.2) is 88.7 Å². The van der Waals surface area contributed by atoms with E-state index < -0.39 is 10.8 Å². The molecule has 0 aliphatic carbocycles. The number of aromatic nitrogens is 6. The number of carbonyl (C=O) groups excluding carboxylic acids is 2. The first-order chi connectivity index (χ1) is 30.7. The molecule has 2 unspecified atom stereocenters. The van der Waals surface area contributed by atoms with Crippen LogP contribution in [0.5, 0.6) is 0 Å². The smallest absolute Gasteiger partial charge is 0.253 e. The first kappa shape index (κ1) is 43.6. The van der Waals surface area contributed by atoms with Gasteiger partial charge in [-0.05, 0) is 122 Å². The summed E-state index contributed by atoms with van der Waals surface area (Å²) in [4.78, 5) is 67.6. The molecule has 9 rings (SSSR count). The maximum Gasteiger partial charge on any atom is 0.253 e. The highest BCUT2D eigenvalue weighted by molar-refractivity contribution is 6.10. The minimum Gasteiger partial charge on any atom is -0.377 e. The molecule has 336 valence electrons. The van der Waals surface area contributed by atoms with Gasteiger partial charge < -0.3 is 32.8 Å². The minimum atomic E-state index is -0.703. The average Bonchev–Trinajstić information content (AvgIpc) is 3.94. The van der Waals surface area contributed by atoms with Crippen LogP contribution >= 0.6 is 0 Å². The fourth-order valence-corrected chi connectivity index (χ4v) is 10.1. The van der Waals surface area contributed by atoms with E-state index in [1.807, 2.05) is 102 Å². The van der Waals surface area contributed by atoms with E-state index in [0.717, 1.165) is 67.1 Å². The van der Waals surface area contributed by atoms with E-state index in [2.05, 4.69) is 47.2 Å². The zero-order valence-corrected chi connectivity index (χ0v) is 39.5. The van der Waals surface area contributed by atoms with Crippen molar-refractivity contribution in [2.45, 2.75) is 105 Å². The molecule has 2 atom stereocenters. The molecule has 0 spiro atoms. The molecule has 13 heteroatoms. The SMILES string of the molecule is Cc1cc(-c2nc3cc4c(cc3n2C(C)COCCn2cc(-c3nc5cc6c(cc5n3C(C)c3ccccc3)N(C(C)C)C(=O)C6(C)C)cc(C)c2=O)N(C)C(=O)C4(C)C)cn(C)c1=O. The predicted molar refractivity (Wildman–Crippen MR) is 257 cm³/mol. The Morgan fingerprint density at radius 1 is 0.662 bits per heavy atom. The highest BCUT2D eigenvalue weighted by Crippen LogP contribution is 2.47. The van der Waals surface area contributed by atoms with Gasteiger partial charge in [-0.2, -0.15) is 0 Å². The minimum absolute atomic E-state index is 0.0208. The number of anilines is 2. The molecule has 0 saturated carbocycles. The second-order valence-electron chi connectivity index (χ2n) is 19.5. The van der Waals surface area contributed by atoms with Crippen LogP contribution in [0.25, 0.3) is 44.8 Å². The highest BCUT2D eigenvalue weighted by atomic mass is 16.5. The first-order valence-electron chi connectivity index (χ1n) is 22.5. The number of pyridine rings is 2. The lowest BCUT2D eigenvalue weighted by molar-refractivity contribution is -0.122. The van der Waals surface area contributed by atoms with E-state index in [4.69, 9.17) is 14.7 Å². The summed E-state index contributed by atoms with van der Waals surface area (Å²) in [5.41, 5.74) is 9.21. The number of imidazole rings is 2. The number of nitrogens with zero attached hydrogens (tertiary/aromatic N) is 8. The molecule has 0 fully saturated rings. The monoisotopic (exact) mass is 874 g/mol. The molecule has 0 bridgehead atoms. The van der Waals surface area contributed by atoms with Crippen LogP contribution in [0.1, 0.15) is 95.3 Å². The normalized spacial score (nSPS) is 16.3. The molecule has 3 aromatic carbocycles. The van der Waals surface area contributed by atoms with Crippen LogP contribution < -0.4 is 20.9 Å². The van der Waals surface area contributed by atoms with Crippen molar-refractivity contribution < 1.29 is 14.3 Å². The Kier molecular flexibility index (Phi) is 10.4. The molecule has 0 N–H and O–H groups in total. The van der Waals surface area contributed by atoms with Crippen molar-refractivity contribution >= 4 is 45.3 Å². The Bertz CT molecular complexity index is 3200. The third-order valence-corrected chi connectivity index (χ3v) is 13.8. The van der Waals surface area contributed by atoms with Gasteiger partial charge in [-0.25, -0.2) is 9.97 Å². The molecule has 13 nitrogen and oxygen atoms in total. The summed E-state index contributed by atoms with van der Waals surface area (Å²) in [7, 11) is 3.55. The standard InChI is InChI=1S/C52H58N8O5/c1-29(2)58-42-25-44-40(23-38(42)52(9,10)50(58)64)54-46(60(44)33(6)34-16-14-13-15-17-34)36-21-31(4)48(62)57(27-36)18-19-65-28-32(5)59-43-24-41-37(51(7,8)49(63)56(41)12)22-39(43)53-45(59)35-20-30(3)47(61)55(11)26-35/h13-17,20-27,29,32-33H,18-19,28H2,1-12H3. The number of aryl methyl sites for hydroxylation is 3. The van der Waals surface area contributed by atoms with Crippen molar-refractivity contribution in [2.75, 3.05) is 30.1 Å². The molecule has 0 saturated heterocycles. The number of hydrogen-bond acceptors (Lipinski definition) is 7. The van der Waals surface area contributed by atoms with Crippen LogP contribution in [0, 0.1) is 13.8 Å². The lowest BCUT2D eigenvalue weighted by Gasteiger charge is -2.24. The summed E-state index contributed by atoms with van der Waals surface area (Å²) in [6.07, 6.45) is 3.68. The third-order valence-electron chi connectivity index (χ3n) is 13.8. The Balaban J connectivity index is 1.05. The lowest BCUT2D eigenvalue weighted by atomic mass is 9.86. The Morgan fingerprint density at radius 3 is 1.85 bits per heavy atom. The van der Waals surface area contributed by atoms with Gasteiger partial charge in [0.1, 0.15) is 11.6 Å². The molecular weight excluding hydrogens is 817 g/mol. The molecule has 2 aliphatic heterocycles. The first-order valence-corrected chi connectivity index (χ1v) is 22.5. The van der Waals surface area contributed by atoms with Crippen LogP contribution in [0.2, 0.25) is 0 Å². The maximum atomic E-state index is 13.8. The number of likely N-dealkylation sites (N-methyl/N-ethyl adjacent to an activating group) is 1.